The molecule has 0 aromatic carbocycles. The lowest BCUT2D eigenvalue weighted by molar-refractivity contribution is -0.698. The predicted molar refractivity (Wildman–Crippen MR) is 79.9 cm³/mol. The van der Waals surface area contributed by atoms with Gasteiger partial charge in [-0.15, -0.1) is 11.3 Å². The van der Waals surface area contributed by atoms with Crippen molar-refractivity contribution < 1.29 is 4.57 Å². The summed E-state index contributed by atoms with van der Waals surface area (Å²) in [5, 5.41) is 0.743. The van der Waals surface area contributed by atoms with Crippen LogP contribution >= 0.6 is 11.3 Å². The normalized spacial score (nSPS) is 11.1. The number of thiophene rings is 1. The van der Waals surface area contributed by atoms with Gasteiger partial charge in [0, 0.05) is 17.0 Å². The van der Waals surface area contributed by atoms with Crippen molar-refractivity contribution in [3.63, 3.8) is 0 Å². The number of aryl methyl sites for hydroxylation is 3. The molecular weight excluding hydrogens is 270 g/mol. The van der Waals surface area contributed by atoms with Crippen LogP contribution in [0.25, 0.3) is 10.2 Å². The van der Waals surface area contributed by atoms with Crippen LogP contribution in [0.15, 0.2) is 47.8 Å². The topological polar surface area (TPSA) is 38.8 Å². The Morgan fingerprint density at radius 3 is 2.85 bits per heavy atom. The van der Waals surface area contributed by atoms with E-state index in [0.29, 0.717) is 6.54 Å². The maximum atomic E-state index is 12.4. The smallest absolute Gasteiger partial charge is 0.262 e. The van der Waals surface area contributed by atoms with Gasteiger partial charge in [0.25, 0.3) is 5.56 Å². The first-order valence-electron chi connectivity index (χ1n) is 6.70. The minimum absolute atomic E-state index is 0.0579. The minimum Gasteiger partial charge on any atom is -0.292 e. The number of rotatable bonds is 4. The quantitative estimate of drug-likeness (QED) is 0.688. The molecular formula is C15H16N3OS+. The molecule has 0 saturated carbocycles. The van der Waals surface area contributed by atoms with Gasteiger partial charge in [0.1, 0.15) is 4.83 Å². The van der Waals surface area contributed by atoms with Crippen molar-refractivity contribution in [2.75, 3.05) is 0 Å². The summed E-state index contributed by atoms with van der Waals surface area (Å²) in [5.41, 5.74) is 0.0579. The second-order valence-electron chi connectivity index (χ2n) is 4.64. The van der Waals surface area contributed by atoms with Crippen LogP contribution in [0.2, 0.25) is 0 Å². The second-order valence-corrected chi connectivity index (χ2v) is 5.76. The Labute approximate surface area is 121 Å². The molecule has 0 aliphatic carbocycles. The molecule has 0 bridgehead atoms. The van der Waals surface area contributed by atoms with Gasteiger partial charge in [0.2, 0.25) is 0 Å². The minimum atomic E-state index is 0.0579. The van der Waals surface area contributed by atoms with Crippen LogP contribution in [-0.2, 0) is 19.5 Å². The molecule has 3 aromatic rings. The number of nitrogens with zero attached hydrogens (tertiary/aromatic N) is 3. The van der Waals surface area contributed by atoms with Gasteiger partial charge in [-0.3, -0.25) is 9.36 Å². The van der Waals surface area contributed by atoms with E-state index in [2.05, 4.69) is 16.5 Å². The maximum absolute atomic E-state index is 12.4. The van der Waals surface area contributed by atoms with Crippen LogP contribution in [0.4, 0.5) is 0 Å². The number of aromatic nitrogens is 3. The largest absolute Gasteiger partial charge is 0.292 e. The number of fused-ring (bicyclic) bond motifs is 1. The van der Waals surface area contributed by atoms with Crippen LogP contribution in [0.1, 0.15) is 11.8 Å². The van der Waals surface area contributed by atoms with Crippen molar-refractivity contribution in [3.05, 3.63) is 58.2 Å². The van der Waals surface area contributed by atoms with Gasteiger partial charge >= 0.3 is 0 Å². The first-order chi connectivity index (χ1) is 9.78. The molecule has 0 unspecified atom stereocenters. The van der Waals surface area contributed by atoms with Crippen molar-refractivity contribution in [2.24, 2.45) is 0 Å². The fraction of sp³-hybridized carbons (Fsp3) is 0.267. The Morgan fingerprint density at radius 1 is 1.30 bits per heavy atom. The average Bonchev–Trinajstić information content (AvgIpc) is 2.92. The highest BCUT2D eigenvalue weighted by atomic mass is 32.1. The zero-order valence-corrected chi connectivity index (χ0v) is 12.1. The standard InChI is InChI=1S/C15H16N3OS/c1-2-12-10-13-14(20-12)16-11-18(15(13)19)9-8-17-6-4-3-5-7-17/h3-7,10-11H,2,8-9H2,1H3/q+1. The lowest BCUT2D eigenvalue weighted by Gasteiger charge is -2.02. The molecule has 4 nitrogen and oxygen atoms in total. The summed E-state index contributed by atoms with van der Waals surface area (Å²) in [7, 11) is 0. The highest BCUT2D eigenvalue weighted by molar-refractivity contribution is 7.18. The predicted octanol–water partition coefficient (Wildman–Crippen LogP) is 2.01. The summed E-state index contributed by atoms with van der Waals surface area (Å²) >= 11 is 1.60. The Hall–Kier alpha value is -2.01. The van der Waals surface area contributed by atoms with Gasteiger partial charge < -0.3 is 0 Å². The first kappa shape index (κ1) is 13.0. The average molecular weight is 286 g/mol. The van der Waals surface area contributed by atoms with E-state index in [0.717, 1.165) is 23.2 Å². The van der Waals surface area contributed by atoms with Gasteiger partial charge in [0.15, 0.2) is 18.9 Å². The third-order valence-electron chi connectivity index (χ3n) is 3.29. The molecule has 102 valence electrons. The Balaban J connectivity index is 1.88. The Morgan fingerprint density at radius 2 is 2.10 bits per heavy atom. The number of hydrogen-bond donors (Lipinski definition) is 0. The maximum Gasteiger partial charge on any atom is 0.262 e. The summed E-state index contributed by atoms with van der Waals surface area (Å²) in [4.78, 5) is 18.8. The molecule has 3 heterocycles. The SMILES string of the molecule is CCc1cc2c(=O)n(CC[n+]3ccccc3)cnc2s1. The van der Waals surface area contributed by atoms with E-state index in [1.807, 2.05) is 36.7 Å². The molecule has 20 heavy (non-hydrogen) atoms. The molecule has 0 radical (unpaired) electrons. The fourth-order valence-corrected chi connectivity index (χ4v) is 3.08. The van der Waals surface area contributed by atoms with E-state index in [-0.39, 0.29) is 5.56 Å². The van der Waals surface area contributed by atoms with E-state index < -0.39 is 0 Å². The van der Waals surface area contributed by atoms with E-state index in [1.165, 1.54) is 4.88 Å². The fourth-order valence-electron chi connectivity index (χ4n) is 2.15. The summed E-state index contributed by atoms with van der Waals surface area (Å²) < 4.78 is 3.75. The van der Waals surface area contributed by atoms with Crippen molar-refractivity contribution in [3.8, 4) is 0 Å². The highest BCUT2D eigenvalue weighted by Crippen LogP contribution is 2.20. The third-order valence-corrected chi connectivity index (χ3v) is 4.48. The summed E-state index contributed by atoms with van der Waals surface area (Å²) in [6, 6.07) is 7.92. The second kappa shape index (κ2) is 5.54. The van der Waals surface area contributed by atoms with Crippen LogP contribution in [-0.4, -0.2) is 9.55 Å². The number of hydrogen-bond acceptors (Lipinski definition) is 3. The van der Waals surface area contributed by atoms with Crippen LogP contribution in [0, 0.1) is 0 Å². The van der Waals surface area contributed by atoms with Crippen molar-refractivity contribution in [1.82, 2.24) is 9.55 Å². The lowest BCUT2D eigenvalue weighted by atomic mass is 10.3. The zero-order valence-electron chi connectivity index (χ0n) is 11.3. The molecule has 0 saturated heterocycles. The molecule has 3 aromatic heterocycles. The summed E-state index contributed by atoms with van der Waals surface area (Å²) in [5.74, 6) is 0. The molecule has 0 aliphatic rings. The Bertz CT molecular complexity index is 777. The zero-order chi connectivity index (χ0) is 13.9. The molecule has 0 N–H and O–H groups in total. The van der Waals surface area contributed by atoms with E-state index in [1.54, 1.807) is 22.2 Å². The van der Waals surface area contributed by atoms with Crippen molar-refractivity contribution >= 4 is 21.6 Å². The van der Waals surface area contributed by atoms with E-state index in [9.17, 15) is 4.79 Å². The third kappa shape index (κ3) is 2.49. The van der Waals surface area contributed by atoms with E-state index in [4.69, 9.17) is 0 Å². The van der Waals surface area contributed by atoms with Crippen LogP contribution in [0.3, 0.4) is 0 Å². The molecule has 5 heteroatoms. The first-order valence-corrected chi connectivity index (χ1v) is 7.51. The summed E-state index contributed by atoms with van der Waals surface area (Å²) in [6.07, 6.45) is 6.60. The molecule has 0 aliphatic heterocycles. The number of pyridine rings is 1. The van der Waals surface area contributed by atoms with Gasteiger partial charge in [-0.1, -0.05) is 13.0 Å². The molecule has 0 atom stereocenters. The molecule has 0 amide bonds. The molecule has 0 spiro atoms. The monoisotopic (exact) mass is 286 g/mol. The molecule has 3 rings (SSSR count). The van der Waals surface area contributed by atoms with Gasteiger partial charge in [-0.25, -0.2) is 9.55 Å². The molecule has 0 fully saturated rings. The summed E-state index contributed by atoms with van der Waals surface area (Å²) in [6.45, 7) is 3.49. The van der Waals surface area contributed by atoms with E-state index >= 15 is 0 Å². The van der Waals surface area contributed by atoms with Crippen molar-refractivity contribution in [2.45, 2.75) is 26.4 Å². The van der Waals surface area contributed by atoms with Crippen LogP contribution < -0.4 is 10.1 Å². The van der Waals surface area contributed by atoms with Crippen LogP contribution in [0.5, 0.6) is 0 Å². The Kier molecular flexibility index (Phi) is 3.60. The van der Waals surface area contributed by atoms with Gasteiger partial charge in [-0.2, -0.15) is 0 Å². The highest BCUT2D eigenvalue weighted by Gasteiger charge is 2.09. The van der Waals surface area contributed by atoms with Gasteiger partial charge in [0.05, 0.1) is 18.3 Å². The lowest BCUT2D eigenvalue weighted by Crippen LogP contribution is -2.36. The van der Waals surface area contributed by atoms with Gasteiger partial charge in [-0.05, 0) is 12.5 Å². The van der Waals surface area contributed by atoms with Crippen molar-refractivity contribution in [1.29, 1.82) is 0 Å².